The zero-order valence-corrected chi connectivity index (χ0v) is 9.49. The van der Waals surface area contributed by atoms with Crippen molar-refractivity contribution in [1.29, 1.82) is 0 Å². The van der Waals surface area contributed by atoms with Gasteiger partial charge in [-0.15, -0.1) is 0 Å². The molecule has 3 N–H and O–H groups in total. The van der Waals surface area contributed by atoms with Crippen molar-refractivity contribution in [3.8, 4) is 5.75 Å². The van der Waals surface area contributed by atoms with Crippen LogP contribution >= 0.6 is 0 Å². The molecular formula is C12H20N2O. The number of hydrogen-bond donors (Lipinski definition) is 2. The number of nitrogens with two attached hydrogens (primary N) is 1. The van der Waals surface area contributed by atoms with E-state index in [2.05, 4.69) is 5.32 Å². The number of ether oxygens (including phenoxy) is 1. The summed E-state index contributed by atoms with van der Waals surface area (Å²) in [6, 6.07) is 8.23. The summed E-state index contributed by atoms with van der Waals surface area (Å²) in [6.45, 7) is 5.61. The summed E-state index contributed by atoms with van der Waals surface area (Å²) >= 11 is 0. The fourth-order valence-corrected chi connectivity index (χ4v) is 1.28. The molecule has 0 aliphatic heterocycles. The number of anilines is 1. The van der Waals surface area contributed by atoms with Crippen LogP contribution in [0.3, 0.4) is 0 Å². The van der Waals surface area contributed by atoms with E-state index >= 15 is 0 Å². The lowest BCUT2D eigenvalue weighted by Gasteiger charge is -2.09. The van der Waals surface area contributed by atoms with Gasteiger partial charge < -0.3 is 15.8 Å². The monoisotopic (exact) mass is 208 g/mol. The van der Waals surface area contributed by atoms with Gasteiger partial charge >= 0.3 is 0 Å². The smallest absolute Gasteiger partial charge is 0.119 e. The van der Waals surface area contributed by atoms with Crippen LogP contribution in [-0.4, -0.2) is 19.2 Å². The highest BCUT2D eigenvalue weighted by Crippen LogP contribution is 2.15. The molecule has 3 heteroatoms. The molecule has 1 aromatic carbocycles. The third kappa shape index (κ3) is 4.70. The van der Waals surface area contributed by atoms with Crippen molar-refractivity contribution in [2.45, 2.75) is 26.3 Å². The van der Waals surface area contributed by atoms with Gasteiger partial charge in [0.25, 0.3) is 0 Å². The molecule has 0 spiro atoms. The van der Waals surface area contributed by atoms with Crippen molar-refractivity contribution >= 4 is 5.69 Å². The molecule has 0 saturated heterocycles. The largest absolute Gasteiger partial charge is 0.494 e. The third-order valence-electron chi connectivity index (χ3n) is 2.09. The summed E-state index contributed by atoms with van der Waals surface area (Å²) in [5.41, 5.74) is 6.77. The molecule has 0 fully saturated rings. The topological polar surface area (TPSA) is 47.3 Å². The van der Waals surface area contributed by atoms with E-state index < -0.39 is 0 Å². The van der Waals surface area contributed by atoms with E-state index in [1.807, 2.05) is 38.1 Å². The van der Waals surface area contributed by atoms with E-state index in [9.17, 15) is 0 Å². The predicted molar refractivity (Wildman–Crippen MR) is 64.4 cm³/mol. The van der Waals surface area contributed by atoms with E-state index in [1.165, 1.54) is 0 Å². The van der Waals surface area contributed by atoms with Crippen LogP contribution < -0.4 is 15.8 Å². The van der Waals surface area contributed by atoms with Crippen molar-refractivity contribution < 1.29 is 4.74 Å². The van der Waals surface area contributed by atoms with E-state index in [-0.39, 0.29) is 6.04 Å². The fraction of sp³-hybridized carbons (Fsp3) is 0.500. The van der Waals surface area contributed by atoms with E-state index in [1.54, 1.807) is 0 Å². The highest BCUT2D eigenvalue weighted by atomic mass is 16.5. The average molecular weight is 208 g/mol. The molecule has 0 saturated carbocycles. The lowest BCUT2D eigenvalue weighted by atomic mass is 10.2. The van der Waals surface area contributed by atoms with Crippen molar-refractivity contribution in [2.24, 2.45) is 5.73 Å². The standard InChI is InChI=1S/C12H20N2O/c1-3-15-12-6-4-11(5-7-12)14-9-8-10(2)13/h4-7,10,14H,3,8-9,13H2,1-2H3. The molecule has 84 valence electrons. The number of benzene rings is 1. The maximum absolute atomic E-state index is 5.66. The Hall–Kier alpha value is -1.22. The quantitative estimate of drug-likeness (QED) is 0.753. The maximum Gasteiger partial charge on any atom is 0.119 e. The fourth-order valence-electron chi connectivity index (χ4n) is 1.28. The van der Waals surface area contributed by atoms with E-state index in [4.69, 9.17) is 10.5 Å². The number of nitrogens with one attached hydrogen (secondary N) is 1. The molecule has 15 heavy (non-hydrogen) atoms. The predicted octanol–water partition coefficient (Wildman–Crippen LogP) is 2.23. The Bertz CT molecular complexity index is 269. The Balaban J connectivity index is 2.36. The lowest BCUT2D eigenvalue weighted by molar-refractivity contribution is 0.340. The first kappa shape index (κ1) is 11.9. The second kappa shape index (κ2) is 6.30. The summed E-state index contributed by atoms with van der Waals surface area (Å²) in [6.07, 6.45) is 0.979. The first-order valence-corrected chi connectivity index (χ1v) is 5.44. The Kier molecular flexibility index (Phi) is 4.98. The van der Waals surface area contributed by atoms with Gasteiger partial charge in [0.05, 0.1) is 6.61 Å². The van der Waals surface area contributed by atoms with Crippen LogP contribution in [0, 0.1) is 0 Å². The van der Waals surface area contributed by atoms with Crippen molar-refractivity contribution in [3.05, 3.63) is 24.3 Å². The Morgan fingerprint density at radius 2 is 2.00 bits per heavy atom. The zero-order chi connectivity index (χ0) is 11.1. The third-order valence-corrected chi connectivity index (χ3v) is 2.09. The molecule has 1 aromatic rings. The normalized spacial score (nSPS) is 12.2. The van der Waals surface area contributed by atoms with Gasteiger partial charge in [-0.1, -0.05) is 0 Å². The summed E-state index contributed by atoms with van der Waals surface area (Å²) in [5, 5.41) is 3.31. The first-order chi connectivity index (χ1) is 7.22. The minimum atomic E-state index is 0.250. The molecule has 0 bridgehead atoms. The lowest BCUT2D eigenvalue weighted by Crippen LogP contribution is -2.19. The Morgan fingerprint density at radius 3 is 2.53 bits per heavy atom. The number of hydrogen-bond acceptors (Lipinski definition) is 3. The van der Waals surface area contributed by atoms with Crippen LogP contribution in [0.25, 0.3) is 0 Å². The van der Waals surface area contributed by atoms with Gasteiger partial charge in [-0.05, 0) is 44.5 Å². The van der Waals surface area contributed by atoms with Crippen LogP contribution in [-0.2, 0) is 0 Å². The molecule has 3 nitrogen and oxygen atoms in total. The van der Waals surface area contributed by atoms with Gasteiger partial charge in [0.2, 0.25) is 0 Å². The molecule has 0 radical (unpaired) electrons. The van der Waals surface area contributed by atoms with Gasteiger partial charge in [-0.2, -0.15) is 0 Å². The summed E-state index contributed by atoms with van der Waals surface area (Å²) in [5.74, 6) is 0.912. The Labute approximate surface area is 91.6 Å². The number of rotatable bonds is 6. The van der Waals surface area contributed by atoms with E-state index in [0.29, 0.717) is 6.61 Å². The highest BCUT2D eigenvalue weighted by molar-refractivity contribution is 5.46. The second-order valence-corrected chi connectivity index (χ2v) is 3.65. The second-order valence-electron chi connectivity index (χ2n) is 3.65. The van der Waals surface area contributed by atoms with Gasteiger partial charge in [0.1, 0.15) is 5.75 Å². The summed E-state index contributed by atoms with van der Waals surface area (Å²) < 4.78 is 5.36. The summed E-state index contributed by atoms with van der Waals surface area (Å²) in [7, 11) is 0. The molecule has 0 aliphatic carbocycles. The van der Waals surface area contributed by atoms with Crippen LogP contribution in [0.15, 0.2) is 24.3 Å². The van der Waals surface area contributed by atoms with Gasteiger partial charge in [0, 0.05) is 18.3 Å². The van der Waals surface area contributed by atoms with Crippen LogP contribution in [0.4, 0.5) is 5.69 Å². The van der Waals surface area contributed by atoms with Gasteiger partial charge in [-0.25, -0.2) is 0 Å². The van der Waals surface area contributed by atoms with Gasteiger partial charge in [0.15, 0.2) is 0 Å². The maximum atomic E-state index is 5.66. The SMILES string of the molecule is CCOc1ccc(NCCC(C)N)cc1. The summed E-state index contributed by atoms with van der Waals surface area (Å²) in [4.78, 5) is 0. The molecule has 0 amide bonds. The van der Waals surface area contributed by atoms with Crippen LogP contribution in [0.1, 0.15) is 20.3 Å². The molecule has 1 atom stereocenters. The highest BCUT2D eigenvalue weighted by Gasteiger charge is 1.96. The van der Waals surface area contributed by atoms with Crippen molar-refractivity contribution in [3.63, 3.8) is 0 Å². The van der Waals surface area contributed by atoms with Crippen molar-refractivity contribution in [1.82, 2.24) is 0 Å². The minimum Gasteiger partial charge on any atom is -0.494 e. The van der Waals surface area contributed by atoms with Gasteiger partial charge in [-0.3, -0.25) is 0 Å². The average Bonchev–Trinajstić information content (AvgIpc) is 2.20. The molecule has 0 aromatic heterocycles. The molecule has 0 aliphatic rings. The van der Waals surface area contributed by atoms with Crippen LogP contribution in [0.2, 0.25) is 0 Å². The Morgan fingerprint density at radius 1 is 1.33 bits per heavy atom. The first-order valence-electron chi connectivity index (χ1n) is 5.44. The molecule has 0 heterocycles. The molecular weight excluding hydrogens is 188 g/mol. The zero-order valence-electron chi connectivity index (χ0n) is 9.49. The van der Waals surface area contributed by atoms with Crippen LogP contribution in [0.5, 0.6) is 5.75 Å². The minimum absolute atomic E-state index is 0.250. The molecule has 1 unspecified atom stereocenters. The molecule has 1 rings (SSSR count). The van der Waals surface area contributed by atoms with E-state index in [0.717, 1.165) is 24.4 Å². The van der Waals surface area contributed by atoms with Crippen molar-refractivity contribution in [2.75, 3.05) is 18.5 Å².